The van der Waals surface area contributed by atoms with Crippen molar-refractivity contribution >= 4 is 50.4 Å². The number of fused-ring (bicyclic) bond motifs is 1. The van der Waals surface area contributed by atoms with Crippen LogP contribution in [0.5, 0.6) is 0 Å². The van der Waals surface area contributed by atoms with Crippen molar-refractivity contribution in [3.05, 3.63) is 69.8 Å². The summed E-state index contributed by atoms with van der Waals surface area (Å²) in [6, 6.07) is 8.90. The number of hydrazine groups is 1. The number of rotatable bonds is 6. The van der Waals surface area contributed by atoms with E-state index in [1.165, 1.54) is 16.3 Å². The number of hydrogen-bond acceptors (Lipinski definition) is 7. The Kier molecular flexibility index (Phi) is 7.07. The maximum atomic E-state index is 12.5. The summed E-state index contributed by atoms with van der Waals surface area (Å²) in [5.41, 5.74) is 4.33. The molecule has 0 spiro atoms. The van der Waals surface area contributed by atoms with Gasteiger partial charge in [-0.2, -0.15) is 0 Å². The van der Waals surface area contributed by atoms with Crippen LogP contribution in [0.1, 0.15) is 49.9 Å². The maximum absolute atomic E-state index is 12.5. The molecule has 1 aliphatic heterocycles. The van der Waals surface area contributed by atoms with Gasteiger partial charge in [0.25, 0.3) is 0 Å². The Morgan fingerprint density at radius 2 is 1.97 bits per heavy atom. The molecule has 4 N–H and O–H groups in total. The first-order valence-electron chi connectivity index (χ1n) is 11.4. The number of carbonyl (C=O) groups is 1. The van der Waals surface area contributed by atoms with Crippen LogP contribution in [0.25, 0.3) is 26.9 Å². The Balaban J connectivity index is 1.99. The molecule has 2 unspecified atom stereocenters. The molecule has 1 aliphatic rings. The molecule has 4 rings (SSSR count). The minimum atomic E-state index is -1.17. The molecule has 0 fully saturated rings. The number of aromatic nitrogens is 1. The molecule has 2 aromatic carbocycles. The standard InChI is InChI=1S/C27H29ClN4O3S/c1-14-12-19-24(36-25(31-19)17-10-11-32(30)20(13-17)15(2)29)22(16-6-8-18(28)9-7-16)21(14)23(26(33)34)35-27(3,4)5/h6-13,20,23,29H,30H2,1-5H3,(H,33,34). The fourth-order valence-electron chi connectivity index (χ4n) is 4.22. The second-order valence-corrected chi connectivity index (χ2v) is 11.3. The summed E-state index contributed by atoms with van der Waals surface area (Å²) in [5.74, 6) is 4.97. The number of nitrogens with zero attached hydrogens (tertiary/aromatic N) is 2. The molecule has 0 bridgehead atoms. The van der Waals surface area contributed by atoms with Gasteiger partial charge >= 0.3 is 5.97 Å². The van der Waals surface area contributed by atoms with Crippen LogP contribution >= 0.6 is 22.9 Å². The number of ether oxygens (including phenoxy) is 1. The Bertz CT molecular complexity index is 1400. The minimum Gasteiger partial charge on any atom is -0.479 e. The van der Waals surface area contributed by atoms with Gasteiger partial charge in [0.1, 0.15) is 11.0 Å². The normalized spacial score (nSPS) is 16.8. The molecular formula is C27H29ClN4O3S. The Morgan fingerprint density at radius 1 is 1.31 bits per heavy atom. The molecule has 0 saturated heterocycles. The lowest BCUT2D eigenvalue weighted by Crippen LogP contribution is -2.41. The smallest absolute Gasteiger partial charge is 0.337 e. The van der Waals surface area contributed by atoms with E-state index in [9.17, 15) is 9.90 Å². The molecule has 0 saturated carbocycles. The van der Waals surface area contributed by atoms with Crippen LogP contribution in [0.4, 0.5) is 0 Å². The monoisotopic (exact) mass is 524 g/mol. The highest BCUT2D eigenvalue weighted by atomic mass is 35.5. The molecule has 0 amide bonds. The second-order valence-electron chi connectivity index (χ2n) is 9.82. The van der Waals surface area contributed by atoms with E-state index >= 15 is 0 Å². The van der Waals surface area contributed by atoms with Crippen molar-refractivity contribution in [2.45, 2.75) is 52.4 Å². The molecule has 1 aromatic heterocycles. The summed E-state index contributed by atoms with van der Waals surface area (Å²) in [7, 11) is 0. The Labute approximate surface area is 219 Å². The largest absolute Gasteiger partial charge is 0.479 e. The number of nitrogens with two attached hydrogens (primary N) is 1. The third kappa shape index (κ3) is 5.22. The predicted octanol–water partition coefficient (Wildman–Crippen LogP) is 6.36. The second kappa shape index (κ2) is 9.78. The van der Waals surface area contributed by atoms with Crippen LogP contribution in [0, 0.1) is 12.3 Å². The van der Waals surface area contributed by atoms with Gasteiger partial charge in [-0.3, -0.25) is 0 Å². The van der Waals surface area contributed by atoms with Crippen molar-refractivity contribution in [1.82, 2.24) is 9.99 Å². The topological polar surface area (TPSA) is 113 Å². The number of carboxylic acids is 1. The van der Waals surface area contributed by atoms with Crippen LogP contribution in [0.15, 0.2) is 48.7 Å². The summed E-state index contributed by atoms with van der Waals surface area (Å²) < 4.78 is 6.92. The molecule has 7 nitrogen and oxygen atoms in total. The van der Waals surface area contributed by atoms with Gasteiger partial charge in [0.15, 0.2) is 6.10 Å². The number of carboxylic acid groups (broad SMARTS) is 1. The van der Waals surface area contributed by atoms with Crippen LogP contribution in [0.3, 0.4) is 0 Å². The summed E-state index contributed by atoms with van der Waals surface area (Å²) in [6.07, 6.45) is 4.35. The third-order valence-electron chi connectivity index (χ3n) is 5.79. The van der Waals surface area contributed by atoms with Crippen LogP contribution in [-0.4, -0.2) is 38.4 Å². The summed E-state index contributed by atoms with van der Waals surface area (Å²) >= 11 is 7.64. The predicted molar refractivity (Wildman–Crippen MR) is 146 cm³/mol. The van der Waals surface area contributed by atoms with Gasteiger partial charge in [0, 0.05) is 33.6 Å². The van der Waals surface area contributed by atoms with E-state index < -0.39 is 17.7 Å². The van der Waals surface area contributed by atoms with E-state index in [0.29, 0.717) is 16.3 Å². The summed E-state index contributed by atoms with van der Waals surface area (Å²) in [5, 5.41) is 21.1. The number of halogens is 1. The van der Waals surface area contributed by atoms with E-state index in [1.807, 2.05) is 58.0 Å². The fraction of sp³-hybridized carbons (Fsp3) is 0.296. The zero-order chi connectivity index (χ0) is 26.4. The Hall–Kier alpha value is -3.04. The first-order valence-corrected chi connectivity index (χ1v) is 12.6. The van der Waals surface area contributed by atoms with Gasteiger partial charge in [-0.25, -0.2) is 15.6 Å². The quantitative estimate of drug-likeness (QED) is 0.255. The van der Waals surface area contributed by atoms with Crippen LogP contribution < -0.4 is 5.84 Å². The number of benzene rings is 2. The molecule has 188 valence electrons. The number of aliphatic carboxylic acids is 1. The van der Waals surface area contributed by atoms with Crippen molar-refractivity contribution in [3.8, 4) is 11.1 Å². The van der Waals surface area contributed by atoms with Crippen LogP contribution in [0.2, 0.25) is 5.02 Å². The lowest BCUT2D eigenvalue weighted by atomic mass is 9.91. The molecule has 9 heteroatoms. The average molecular weight is 525 g/mol. The minimum absolute atomic E-state index is 0.360. The van der Waals surface area contributed by atoms with Crippen molar-refractivity contribution < 1.29 is 14.6 Å². The first kappa shape index (κ1) is 26.0. The van der Waals surface area contributed by atoms with E-state index in [-0.39, 0.29) is 6.04 Å². The Morgan fingerprint density at radius 3 is 2.56 bits per heavy atom. The summed E-state index contributed by atoms with van der Waals surface area (Å²) in [6.45, 7) is 9.12. The number of aryl methyl sites for hydroxylation is 1. The third-order valence-corrected chi connectivity index (χ3v) is 7.18. The van der Waals surface area contributed by atoms with Crippen molar-refractivity contribution in [1.29, 1.82) is 5.41 Å². The van der Waals surface area contributed by atoms with E-state index in [0.717, 1.165) is 37.5 Å². The number of hydrogen-bond donors (Lipinski definition) is 3. The molecule has 3 aromatic rings. The number of allylic oxidation sites excluding steroid dienone is 2. The highest BCUT2D eigenvalue weighted by Gasteiger charge is 2.32. The van der Waals surface area contributed by atoms with Crippen molar-refractivity contribution in [2.24, 2.45) is 5.84 Å². The zero-order valence-corrected chi connectivity index (χ0v) is 22.4. The molecule has 0 aliphatic carbocycles. The first-order chi connectivity index (χ1) is 16.9. The number of thiazole rings is 1. The highest BCUT2D eigenvalue weighted by molar-refractivity contribution is 7.20. The van der Waals surface area contributed by atoms with E-state index in [4.69, 9.17) is 32.6 Å². The van der Waals surface area contributed by atoms with Crippen molar-refractivity contribution in [3.63, 3.8) is 0 Å². The molecule has 0 radical (unpaired) electrons. The van der Waals surface area contributed by atoms with Gasteiger partial charge in [-0.15, -0.1) is 11.3 Å². The van der Waals surface area contributed by atoms with Gasteiger partial charge in [-0.1, -0.05) is 23.7 Å². The molecule has 36 heavy (non-hydrogen) atoms. The lowest BCUT2D eigenvalue weighted by Gasteiger charge is -2.28. The highest BCUT2D eigenvalue weighted by Crippen LogP contribution is 2.44. The SMILES string of the molecule is CC(=N)C1C=C(c2nc3cc(C)c(C(OC(C)(C)C)C(=O)O)c(-c4ccc(Cl)cc4)c3s2)C=CN1N. The van der Waals surface area contributed by atoms with E-state index in [1.54, 1.807) is 25.3 Å². The fourth-order valence-corrected chi connectivity index (χ4v) is 5.48. The van der Waals surface area contributed by atoms with Gasteiger partial charge in [0.05, 0.1) is 15.8 Å². The van der Waals surface area contributed by atoms with Gasteiger partial charge in [-0.05, 0) is 76.1 Å². The number of nitrogens with one attached hydrogen (secondary N) is 1. The van der Waals surface area contributed by atoms with Crippen molar-refractivity contribution in [2.75, 3.05) is 0 Å². The van der Waals surface area contributed by atoms with Crippen LogP contribution in [-0.2, 0) is 9.53 Å². The molecular weight excluding hydrogens is 496 g/mol. The van der Waals surface area contributed by atoms with Gasteiger partial charge < -0.3 is 20.3 Å². The van der Waals surface area contributed by atoms with E-state index in [2.05, 4.69) is 0 Å². The maximum Gasteiger partial charge on any atom is 0.337 e. The summed E-state index contributed by atoms with van der Waals surface area (Å²) in [4.78, 5) is 17.4. The lowest BCUT2D eigenvalue weighted by molar-refractivity contribution is -0.160. The van der Waals surface area contributed by atoms with Gasteiger partial charge in [0.2, 0.25) is 0 Å². The molecule has 2 heterocycles. The average Bonchev–Trinajstić information content (AvgIpc) is 3.20. The zero-order valence-electron chi connectivity index (χ0n) is 20.8. The molecule has 2 atom stereocenters.